The van der Waals surface area contributed by atoms with Crippen LogP contribution in [0.25, 0.3) is 10.9 Å². The Kier molecular flexibility index (Phi) is 2.64. The van der Waals surface area contributed by atoms with Gasteiger partial charge in [-0.3, -0.25) is 0 Å². The minimum atomic E-state index is 0.845. The van der Waals surface area contributed by atoms with Crippen molar-refractivity contribution in [2.45, 2.75) is 13.5 Å². The number of methoxy groups -OCH3 is 1. The Bertz CT molecular complexity index is 474. The van der Waals surface area contributed by atoms with E-state index < -0.39 is 0 Å². The third kappa shape index (κ3) is 1.70. The maximum atomic E-state index is 5.32. The van der Waals surface area contributed by atoms with Gasteiger partial charge in [0.15, 0.2) is 0 Å². The number of H-pyrrole nitrogens is 1. The summed E-state index contributed by atoms with van der Waals surface area (Å²) in [5, 5.41) is 4.37. The lowest BCUT2D eigenvalue weighted by molar-refractivity contribution is 0.419. The lowest BCUT2D eigenvalue weighted by atomic mass is 10.1. The normalized spacial score (nSPS) is 10.9. The Labute approximate surface area is 89.4 Å². The largest absolute Gasteiger partial charge is 0.495 e. The van der Waals surface area contributed by atoms with Crippen LogP contribution < -0.4 is 10.1 Å². The number of aromatic amines is 1. The Hall–Kier alpha value is -1.48. The monoisotopic (exact) mass is 204 g/mol. The maximum Gasteiger partial charge on any atom is 0.142 e. The molecule has 0 amide bonds. The van der Waals surface area contributed by atoms with Gasteiger partial charge in [0.05, 0.1) is 12.6 Å². The fraction of sp³-hybridized carbons (Fsp3) is 0.333. The fourth-order valence-corrected chi connectivity index (χ4v) is 1.85. The molecule has 2 rings (SSSR count). The van der Waals surface area contributed by atoms with Gasteiger partial charge in [-0.05, 0) is 31.7 Å². The molecular weight excluding hydrogens is 188 g/mol. The molecule has 0 aliphatic carbocycles. The second-order valence-electron chi connectivity index (χ2n) is 3.70. The molecule has 1 aromatic heterocycles. The number of hydrogen-bond acceptors (Lipinski definition) is 2. The minimum Gasteiger partial charge on any atom is -0.495 e. The third-order valence-electron chi connectivity index (χ3n) is 2.62. The van der Waals surface area contributed by atoms with E-state index >= 15 is 0 Å². The van der Waals surface area contributed by atoms with E-state index in [1.807, 2.05) is 13.1 Å². The molecule has 0 spiro atoms. The van der Waals surface area contributed by atoms with Gasteiger partial charge in [0.2, 0.25) is 0 Å². The third-order valence-corrected chi connectivity index (χ3v) is 2.62. The van der Waals surface area contributed by atoms with E-state index in [1.165, 1.54) is 16.6 Å². The summed E-state index contributed by atoms with van der Waals surface area (Å²) in [6.07, 6.45) is 0. The molecule has 0 aliphatic heterocycles. The molecule has 3 nitrogen and oxygen atoms in total. The predicted octanol–water partition coefficient (Wildman–Crippen LogP) is 2.20. The zero-order valence-corrected chi connectivity index (χ0v) is 9.35. The summed E-state index contributed by atoms with van der Waals surface area (Å²) >= 11 is 0. The van der Waals surface area contributed by atoms with Crippen LogP contribution in [0, 0.1) is 6.92 Å². The highest BCUT2D eigenvalue weighted by Crippen LogP contribution is 2.28. The highest BCUT2D eigenvalue weighted by atomic mass is 16.5. The fourth-order valence-electron chi connectivity index (χ4n) is 1.85. The standard InChI is InChI=1S/C12H16N2O/c1-8-4-5-11(15-3)12-10(8)6-9(14-12)7-13-2/h4-6,13-14H,7H2,1-3H3. The first-order valence-corrected chi connectivity index (χ1v) is 5.06. The number of aryl methyl sites for hydroxylation is 1. The van der Waals surface area contributed by atoms with Gasteiger partial charge in [-0.2, -0.15) is 0 Å². The van der Waals surface area contributed by atoms with E-state index in [1.54, 1.807) is 7.11 Å². The molecule has 0 atom stereocenters. The number of ether oxygens (including phenoxy) is 1. The van der Waals surface area contributed by atoms with Crippen molar-refractivity contribution in [3.05, 3.63) is 29.5 Å². The van der Waals surface area contributed by atoms with Gasteiger partial charge < -0.3 is 15.0 Å². The molecule has 1 aromatic carbocycles. The zero-order valence-electron chi connectivity index (χ0n) is 9.35. The number of benzene rings is 1. The molecular formula is C12H16N2O. The van der Waals surface area contributed by atoms with Crippen molar-refractivity contribution in [2.75, 3.05) is 14.2 Å². The van der Waals surface area contributed by atoms with Crippen molar-refractivity contribution >= 4 is 10.9 Å². The molecule has 0 fully saturated rings. The van der Waals surface area contributed by atoms with Gasteiger partial charge in [0.1, 0.15) is 5.75 Å². The maximum absolute atomic E-state index is 5.32. The van der Waals surface area contributed by atoms with E-state index in [0.29, 0.717) is 0 Å². The Morgan fingerprint density at radius 2 is 2.20 bits per heavy atom. The Balaban J connectivity index is 2.61. The molecule has 0 bridgehead atoms. The van der Waals surface area contributed by atoms with Crippen molar-refractivity contribution in [1.82, 2.24) is 10.3 Å². The Morgan fingerprint density at radius 1 is 1.40 bits per heavy atom. The highest BCUT2D eigenvalue weighted by molar-refractivity contribution is 5.88. The molecule has 0 aliphatic rings. The van der Waals surface area contributed by atoms with Crippen LogP contribution in [0.4, 0.5) is 0 Å². The number of aromatic nitrogens is 1. The van der Waals surface area contributed by atoms with Crippen molar-refractivity contribution in [2.24, 2.45) is 0 Å². The molecule has 0 radical (unpaired) electrons. The highest BCUT2D eigenvalue weighted by Gasteiger charge is 2.07. The topological polar surface area (TPSA) is 37.0 Å². The van der Waals surface area contributed by atoms with E-state index in [9.17, 15) is 0 Å². The molecule has 0 saturated carbocycles. The van der Waals surface area contributed by atoms with Gasteiger partial charge in [-0.15, -0.1) is 0 Å². The van der Waals surface area contributed by atoms with Crippen LogP contribution in [0.5, 0.6) is 5.75 Å². The molecule has 1 heterocycles. The van der Waals surface area contributed by atoms with Crippen LogP contribution in [0.15, 0.2) is 18.2 Å². The SMILES string of the molecule is CNCc1cc2c(C)ccc(OC)c2[nH]1. The van der Waals surface area contributed by atoms with Crippen LogP contribution in [-0.4, -0.2) is 19.1 Å². The number of nitrogens with one attached hydrogen (secondary N) is 2. The van der Waals surface area contributed by atoms with Crippen LogP contribution in [0.2, 0.25) is 0 Å². The van der Waals surface area contributed by atoms with Gasteiger partial charge in [-0.1, -0.05) is 6.07 Å². The van der Waals surface area contributed by atoms with Gasteiger partial charge in [0.25, 0.3) is 0 Å². The molecule has 15 heavy (non-hydrogen) atoms. The summed E-state index contributed by atoms with van der Waals surface area (Å²) in [7, 11) is 3.64. The molecule has 0 saturated heterocycles. The minimum absolute atomic E-state index is 0.845. The summed E-state index contributed by atoms with van der Waals surface area (Å²) in [6, 6.07) is 6.25. The second-order valence-corrected chi connectivity index (χ2v) is 3.70. The first-order chi connectivity index (χ1) is 7.26. The molecule has 3 heteroatoms. The lowest BCUT2D eigenvalue weighted by Gasteiger charge is -2.02. The zero-order chi connectivity index (χ0) is 10.8. The average molecular weight is 204 g/mol. The summed E-state index contributed by atoms with van der Waals surface area (Å²) in [4.78, 5) is 3.37. The first kappa shape index (κ1) is 10.1. The summed E-state index contributed by atoms with van der Waals surface area (Å²) in [5.41, 5.74) is 3.53. The smallest absolute Gasteiger partial charge is 0.142 e. The first-order valence-electron chi connectivity index (χ1n) is 5.06. The average Bonchev–Trinajstić information content (AvgIpc) is 2.64. The summed E-state index contributed by atoms with van der Waals surface area (Å²) in [5.74, 6) is 0.901. The van der Waals surface area contributed by atoms with Crippen LogP contribution in [-0.2, 0) is 6.54 Å². The summed E-state index contributed by atoms with van der Waals surface area (Å²) < 4.78 is 5.32. The van der Waals surface area contributed by atoms with Crippen LogP contribution >= 0.6 is 0 Å². The van der Waals surface area contributed by atoms with Crippen LogP contribution in [0.3, 0.4) is 0 Å². The van der Waals surface area contributed by atoms with Crippen molar-refractivity contribution in [3.63, 3.8) is 0 Å². The van der Waals surface area contributed by atoms with Crippen LogP contribution in [0.1, 0.15) is 11.3 Å². The van der Waals surface area contributed by atoms with Crippen molar-refractivity contribution in [1.29, 1.82) is 0 Å². The van der Waals surface area contributed by atoms with Crippen molar-refractivity contribution < 1.29 is 4.74 Å². The van der Waals surface area contributed by atoms with E-state index in [4.69, 9.17) is 4.74 Å². The number of rotatable bonds is 3. The van der Waals surface area contributed by atoms with Gasteiger partial charge in [-0.25, -0.2) is 0 Å². The second kappa shape index (κ2) is 3.95. The van der Waals surface area contributed by atoms with Gasteiger partial charge in [0, 0.05) is 17.6 Å². The molecule has 2 N–H and O–H groups in total. The summed E-state index contributed by atoms with van der Waals surface area (Å²) in [6.45, 7) is 2.95. The quantitative estimate of drug-likeness (QED) is 0.804. The molecule has 80 valence electrons. The van der Waals surface area contributed by atoms with E-state index in [-0.39, 0.29) is 0 Å². The van der Waals surface area contributed by atoms with Gasteiger partial charge >= 0.3 is 0 Å². The van der Waals surface area contributed by atoms with Crippen molar-refractivity contribution in [3.8, 4) is 5.75 Å². The molecule has 2 aromatic rings. The van der Waals surface area contributed by atoms with E-state index in [0.717, 1.165) is 17.8 Å². The predicted molar refractivity (Wildman–Crippen MR) is 62.4 cm³/mol. The lowest BCUT2D eigenvalue weighted by Crippen LogP contribution is -2.04. The molecule has 0 unspecified atom stereocenters. The Morgan fingerprint density at radius 3 is 2.87 bits per heavy atom. The van der Waals surface area contributed by atoms with E-state index in [2.05, 4.69) is 29.4 Å². The number of hydrogen-bond donors (Lipinski definition) is 2. The number of fused-ring (bicyclic) bond motifs is 1.